The Morgan fingerprint density at radius 1 is 1.23 bits per heavy atom. The van der Waals surface area contributed by atoms with Crippen LogP contribution in [0.2, 0.25) is 0 Å². The van der Waals surface area contributed by atoms with E-state index in [4.69, 9.17) is 9.79 Å². The quantitative estimate of drug-likeness (QED) is 0.624. The van der Waals surface area contributed by atoms with Gasteiger partial charge in [-0.1, -0.05) is 12.1 Å². The molecule has 0 aromatic heterocycles. The highest BCUT2D eigenvalue weighted by Gasteiger charge is 2.26. The average molecular weight is 323 g/mol. The molecule has 0 amide bonds. The third kappa shape index (κ3) is 4.39. The second kappa shape index (κ2) is 6.27. The van der Waals surface area contributed by atoms with Crippen LogP contribution in [0.3, 0.4) is 0 Å². The van der Waals surface area contributed by atoms with Crippen LogP contribution in [-0.4, -0.2) is 31.5 Å². The van der Waals surface area contributed by atoms with Gasteiger partial charge in [-0.05, 0) is 35.9 Å². The van der Waals surface area contributed by atoms with Crippen LogP contribution in [0.1, 0.15) is 5.56 Å². The van der Waals surface area contributed by atoms with E-state index >= 15 is 0 Å². The van der Waals surface area contributed by atoms with Gasteiger partial charge in [0.2, 0.25) is 0 Å². The second-order valence-electron chi connectivity index (χ2n) is 4.75. The van der Waals surface area contributed by atoms with Crippen molar-refractivity contribution in [3.05, 3.63) is 53.8 Å². The molecule has 0 saturated carbocycles. The average Bonchev–Trinajstić information content (AvgIpc) is 2.39. The SMILES string of the molecule is O=C(Cc1cccc(O)c1)C1C=C(O)C=C/C1=N\P(=O)(O)O. The summed E-state index contributed by atoms with van der Waals surface area (Å²) < 4.78 is 14.2. The van der Waals surface area contributed by atoms with Gasteiger partial charge in [0.05, 0.1) is 11.6 Å². The van der Waals surface area contributed by atoms with Gasteiger partial charge in [0.1, 0.15) is 17.3 Å². The number of aliphatic hydroxyl groups is 1. The van der Waals surface area contributed by atoms with Gasteiger partial charge in [-0.25, -0.2) is 4.57 Å². The van der Waals surface area contributed by atoms with E-state index in [1.165, 1.54) is 30.4 Å². The van der Waals surface area contributed by atoms with Gasteiger partial charge in [0.25, 0.3) is 0 Å². The van der Waals surface area contributed by atoms with Crippen molar-refractivity contribution in [3.8, 4) is 5.75 Å². The van der Waals surface area contributed by atoms with Gasteiger partial charge in [0.15, 0.2) is 0 Å². The van der Waals surface area contributed by atoms with Crippen LogP contribution in [-0.2, 0) is 15.8 Å². The van der Waals surface area contributed by atoms with E-state index in [2.05, 4.69) is 4.76 Å². The standard InChI is InChI=1S/C14H14NO6P/c16-10-3-1-2-9(6-10)7-14(18)12-8-11(17)4-5-13(12)15-22(19,20)21/h1-6,8,12,16-17H,7H2,(H2,19,20,21)/b15-13+. The molecule has 0 bridgehead atoms. The van der Waals surface area contributed by atoms with Crippen LogP contribution in [0.5, 0.6) is 5.75 Å². The van der Waals surface area contributed by atoms with Gasteiger partial charge in [-0.3, -0.25) is 4.79 Å². The Morgan fingerprint density at radius 3 is 2.59 bits per heavy atom. The van der Waals surface area contributed by atoms with Crippen LogP contribution in [0.4, 0.5) is 0 Å². The number of phenols is 1. The zero-order valence-corrected chi connectivity index (χ0v) is 12.2. The maximum Gasteiger partial charge on any atom is 0.448 e. The van der Waals surface area contributed by atoms with Crippen molar-refractivity contribution in [1.82, 2.24) is 0 Å². The Labute approximate surface area is 126 Å². The molecule has 7 nitrogen and oxygen atoms in total. The summed E-state index contributed by atoms with van der Waals surface area (Å²) in [7, 11) is -4.69. The molecule has 1 atom stereocenters. The van der Waals surface area contributed by atoms with Gasteiger partial charge >= 0.3 is 7.75 Å². The van der Waals surface area contributed by atoms with Crippen molar-refractivity contribution in [2.24, 2.45) is 10.7 Å². The number of rotatable bonds is 4. The molecule has 1 unspecified atom stereocenters. The summed E-state index contributed by atoms with van der Waals surface area (Å²) in [6, 6.07) is 6.10. The molecule has 0 heterocycles. The van der Waals surface area contributed by atoms with Gasteiger partial charge < -0.3 is 20.0 Å². The summed E-state index contributed by atoms with van der Waals surface area (Å²) in [4.78, 5) is 30.2. The maximum atomic E-state index is 12.3. The molecule has 1 aliphatic rings. The number of carbonyl (C=O) groups excluding carboxylic acids is 1. The lowest BCUT2D eigenvalue weighted by Crippen LogP contribution is -2.25. The highest BCUT2D eigenvalue weighted by atomic mass is 31.2. The fourth-order valence-electron chi connectivity index (χ4n) is 2.07. The highest BCUT2D eigenvalue weighted by Crippen LogP contribution is 2.38. The van der Waals surface area contributed by atoms with E-state index in [0.29, 0.717) is 5.56 Å². The van der Waals surface area contributed by atoms with Crippen LogP contribution < -0.4 is 0 Å². The Kier molecular flexibility index (Phi) is 4.61. The third-order valence-electron chi connectivity index (χ3n) is 2.96. The molecule has 4 N–H and O–H groups in total. The van der Waals surface area contributed by atoms with Crippen molar-refractivity contribution in [1.29, 1.82) is 0 Å². The molecule has 1 aliphatic carbocycles. The third-order valence-corrected chi connectivity index (χ3v) is 3.45. The summed E-state index contributed by atoms with van der Waals surface area (Å²) in [5, 5.41) is 18.9. The van der Waals surface area contributed by atoms with Gasteiger partial charge in [-0.2, -0.15) is 4.76 Å². The molecule has 0 saturated heterocycles. The first-order valence-corrected chi connectivity index (χ1v) is 7.86. The minimum atomic E-state index is -4.69. The number of benzene rings is 1. The number of phenolic OH excluding ortho intramolecular Hbond substituents is 1. The zero-order chi connectivity index (χ0) is 16.3. The summed E-state index contributed by atoms with van der Waals surface area (Å²) in [5.41, 5.74) is 0.430. The minimum absolute atomic E-state index is 0.0105. The van der Waals surface area contributed by atoms with Gasteiger partial charge in [0, 0.05) is 6.42 Å². The van der Waals surface area contributed by atoms with Crippen molar-refractivity contribution >= 4 is 19.2 Å². The molecule has 0 radical (unpaired) electrons. The largest absolute Gasteiger partial charge is 0.508 e. The zero-order valence-electron chi connectivity index (χ0n) is 11.3. The molecular weight excluding hydrogens is 309 g/mol. The number of hydrogen-bond donors (Lipinski definition) is 4. The first-order chi connectivity index (χ1) is 10.2. The second-order valence-corrected chi connectivity index (χ2v) is 5.98. The molecule has 0 spiro atoms. The summed E-state index contributed by atoms with van der Waals surface area (Å²) in [6.07, 6.45) is 3.50. The Morgan fingerprint density at radius 2 is 1.95 bits per heavy atom. The fraction of sp³-hybridized carbons (Fsp3) is 0.143. The summed E-state index contributed by atoms with van der Waals surface area (Å²) in [6.45, 7) is 0. The van der Waals surface area contributed by atoms with E-state index in [9.17, 15) is 19.6 Å². The lowest BCUT2D eigenvalue weighted by atomic mass is 9.90. The molecule has 1 aromatic rings. The monoisotopic (exact) mass is 323 g/mol. The molecule has 0 fully saturated rings. The fourth-order valence-corrected chi connectivity index (χ4v) is 2.56. The van der Waals surface area contributed by atoms with E-state index in [0.717, 1.165) is 0 Å². The van der Waals surface area contributed by atoms with Crippen LogP contribution in [0, 0.1) is 5.92 Å². The molecule has 8 heteroatoms. The van der Waals surface area contributed by atoms with Crippen molar-refractivity contribution < 1.29 is 29.4 Å². The Hall–Kier alpha value is -2.21. The smallest absolute Gasteiger partial charge is 0.448 e. The number of nitrogens with zero attached hydrogens (tertiary/aromatic N) is 1. The highest BCUT2D eigenvalue weighted by molar-refractivity contribution is 7.50. The molecule has 2 rings (SSSR count). The van der Waals surface area contributed by atoms with E-state index in [1.54, 1.807) is 12.1 Å². The number of aliphatic hydroxyl groups excluding tert-OH is 1. The number of Topliss-reactive ketones (excluding diaryl/α,β-unsaturated/α-hetero) is 1. The van der Waals surface area contributed by atoms with E-state index in [-0.39, 0.29) is 23.6 Å². The number of carbonyl (C=O) groups is 1. The number of allylic oxidation sites excluding steroid dienone is 3. The first-order valence-electron chi connectivity index (χ1n) is 6.30. The minimum Gasteiger partial charge on any atom is -0.508 e. The van der Waals surface area contributed by atoms with Crippen LogP contribution >= 0.6 is 7.75 Å². The lowest BCUT2D eigenvalue weighted by molar-refractivity contribution is -0.119. The Bertz CT molecular complexity index is 731. The van der Waals surface area contributed by atoms with Crippen LogP contribution in [0.25, 0.3) is 0 Å². The Balaban J connectivity index is 2.27. The first kappa shape index (κ1) is 16.2. The number of hydrogen-bond acceptors (Lipinski definition) is 4. The molecule has 22 heavy (non-hydrogen) atoms. The molecular formula is C14H14NO6P. The summed E-state index contributed by atoms with van der Waals surface area (Å²) in [5.74, 6) is -1.64. The van der Waals surface area contributed by atoms with Crippen molar-refractivity contribution in [2.45, 2.75) is 6.42 Å². The van der Waals surface area contributed by atoms with Gasteiger partial charge in [-0.15, -0.1) is 0 Å². The lowest BCUT2D eigenvalue weighted by Gasteiger charge is -2.16. The predicted octanol–water partition coefficient (Wildman–Crippen LogP) is 1.67. The van der Waals surface area contributed by atoms with Crippen LogP contribution in [0.15, 0.2) is 53.0 Å². The predicted molar refractivity (Wildman–Crippen MR) is 79.6 cm³/mol. The number of ketones is 1. The normalized spacial score (nSPS) is 20.0. The van der Waals surface area contributed by atoms with Crippen molar-refractivity contribution in [2.75, 3.05) is 0 Å². The number of aromatic hydroxyl groups is 1. The van der Waals surface area contributed by atoms with E-state index in [1.807, 2.05) is 0 Å². The van der Waals surface area contributed by atoms with E-state index < -0.39 is 19.4 Å². The topological polar surface area (TPSA) is 127 Å². The summed E-state index contributed by atoms with van der Waals surface area (Å²) >= 11 is 0. The maximum absolute atomic E-state index is 12.3. The molecule has 1 aromatic carbocycles. The van der Waals surface area contributed by atoms with Crippen molar-refractivity contribution in [3.63, 3.8) is 0 Å². The molecule has 116 valence electrons. The molecule has 0 aliphatic heterocycles.